The van der Waals surface area contributed by atoms with E-state index in [1.54, 1.807) is 62.6 Å². The molecule has 0 saturated carbocycles. The topological polar surface area (TPSA) is 71.5 Å². The Morgan fingerprint density at radius 1 is 1.21 bits per heavy atom. The number of carbonyl (C=O) groups excluding carboxylic acids is 2. The third kappa shape index (κ3) is 5.70. The lowest BCUT2D eigenvalue weighted by Crippen LogP contribution is -2.49. The monoisotopic (exact) mass is 415 g/mol. The van der Waals surface area contributed by atoms with Crippen molar-refractivity contribution in [2.45, 2.75) is 32.3 Å². The number of rotatable bonds is 6. The van der Waals surface area contributed by atoms with Crippen LogP contribution in [0.5, 0.6) is 5.75 Å². The summed E-state index contributed by atoms with van der Waals surface area (Å²) in [6, 6.07) is 10.5. The van der Waals surface area contributed by atoms with Gasteiger partial charge in [0.15, 0.2) is 5.60 Å². The van der Waals surface area contributed by atoms with Gasteiger partial charge in [-0.15, -0.1) is 0 Å². The maximum absolute atomic E-state index is 12.6. The lowest BCUT2D eigenvalue weighted by Gasteiger charge is -2.33. The van der Waals surface area contributed by atoms with Crippen LogP contribution in [0.25, 0.3) is 0 Å². The van der Waals surface area contributed by atoms with Gasteiger partial charge in [-0.05, 0) is 69.0 Å². The van der Waals surface area contributed by atoms with E-state index in [9.17, 15) is 9.59 Å². The van der Waals surface area contributed by atoms with E-state index >= 15 is 0 Å². The molecule has 7 heteroatoms. The molecule has 1 fully saturated rings. The summed E-state index contributed by atoms with van der Waals surface area (Å²) in [4.78, 5) is 31.0. The van der Waals surface area contributed by atoms with Crippen molar-refractivity contribution in [2.24, 2.45) is 5.92 Å². The van der Waals surface area contributed by atoms with Crippen LogP contribution >= 0.6 is 11.6 Å². The van der Waals surface area contributed by atoms with Gasteiger partial charge in [0, 0.05) is 37.1 Å². The molecule has 1 saturated heterocycles. The molecule has 0 radical (unpaired) electrons. The van der Waals surface area contributed by atoms with E-state index in [2.05, 4.69) is 10.3 Å². The maximum atomic E-state index is 12.6. The van der Waals surface area contributed by atoms with Crippen LogP contribution in [0.15, 0.2) is 48.8 Å². The first kappa shape index (κ1) is 21.1. The van der Waals surface area contributed by atoms with Crippen LogP contribution in [-0.2, 0) is 4.79 Å². The van der Waals surface area contributed by atoms with Gasteiger partial charge in [0.1, 0.15) is 5.75 Å². The number of benzene rings is 1. The molecule has 0 bridgehead atoms. The highest BCUT2D eigenvalue weighted by Crippen LogP contribution is 2.22. The fourth-order valence-corrected chi connectivity index (χ4v) is 3.43. The number of pyridine rings is 1. The minimum absolute atomic E-state index is 0.0121. The second kappa shape index (κ2) is 9.27. The molecule has 2 heterocycles. The fourth-order valence-electron chi connectivity index (χ4n) is 3.31. The largest absolute Gasteiger partial charge is 0.478 e. The first-order valence-corrected chi connectivity index (χ1v) is 10.1. The molecule has 2 aromatic rings. The molecule has 0 aliphatic carbocycles. The molecule has 0 unspecified atom stereocenters. The molecule has 3 rings (SSSR count). The van der Waals surface area contributed by atoms with Gasteiger partial charge in [0.2, 0.25) is 0 Å². The Hall–Kier alpha value is -2.60. The average molecular weight is 416 g/mol. The summed E-state index contributed by atoms with van der Waals surface area (Å²) in [7, 11) is 0. The summed E-state index contributed by atoms with van der Waals surface area (Å²) >= 11 is 5.88. The summed E-state index contributed by atoms with van der Waals surface area (Å²) in [6.07, 6.45) is 4.96. The van der Waals surface area contributed by atoms with E-state index in [4.69, 9.17) is 16.3 Å². The van der Waals surface area contributed by atoms with Gasteiger partial charge in [0.25, 0.3) is 11.8 Å². The molecule has 1 aromatic carbocycles. The van der Waals surface area contributed by atoms with Gasteiger partial charge < -0.3 is 15.0 Å². The summed E-state index contributed by atoms with van der Waals surface area (Å²) in [5.74, 6) is 0.777. The number of nitrogens with one attached hydrogen (secondary N) is 1. The first-order valence-electron chi connectivity index (χ1n) is 9.77. The number of piperidine rings is 1. The lowest BCUT2D eigenvalue weighted by atomic mass is 9.96. The van der Waals surface area contributed by atoms with Crippen molar-refractivity contribution in [3.63, 3.8) is 0 Å². The number of hydrogen-bond acceptors (Lipinski definition) is 4. The van der Waals surface area contributed by atoms with Crippen molar-refractivity contribution in [1.82, 2.24) is 15.2 Å². The van der Waals surface area contributed by atoms with Gasteiger partial charge in [-0.25, -0.2) is 0 Å². The van der Waals surface area contributed by atoms with E-state index in [1.165, 1.54) is 0 Å². The van der Waals surface area contributed by atoms with Crippen LogP contribution in [0.2, 0.25) is 5.02 Å². The van der Waals surface area contributed by atoms with Crippen LogP contribution in [0.4, 0.5) is 0 Å². The highest BCUT2D eigenvalue weighted by Gasteiger charge is 2.31. The molecule has 1 aliphatic heterocycles. The van der Waals surface area contributed by atoms with Gasteiger partial charge >= 0.3 is 0 Å². The fraction of sp³-hybridized carbons (Fsp3) is 0.409. The van der Waals surface area contributed by atoms with Gasteiger partial charge in [0.05, 0.1) is 5.56 Å². The van der Waals surface area contributed by atoms with E-state index in [1.807, 2.05) is 4.90 Å². The summed E-state index contributed by atoms with van der Waals surface area (Å²) in [6.45, 7) is 5.41. The predicted molar refractivity (Wildman–Crippen MR) is 112 cm³/mol. The average Bonchev–Trinajstić information content (AvgIpc) is 2.74. The Morgan fingerprint density at radius 2 is 1.90 bits per heavy atom. The third-order valence-corrected chi connectivity index (χ3v) is 5.35. The number of nitrogens with zero attached hydrogens (tertiary/aromatic N) is 2. The van der Waals surface area contributed by atoms with Crippen LogP contribution in [0, 0.1) is 5.92 Å². The summed E-state index contributed by atoms with van der Waals surface area (Å²) < 4.78 is 5.83. The molecule has 154 valence electrons. The van der Waals surface area contributed by atoms with Crippen molar-refractivity contribution < 1.29 is 14.3 Å². The number of ether oxygens (including phenoxy) is 1. The standard InChI is InChI=1S/C22H26ClN3O3/c1-22(2,29-19-7-5-18(23)6-8-19)21(28)25-14-16-9-12-26(13-10-16)20(27)17-4-3-11-24-15-17/h3-8,11,15-16H,9-10,12-14H2,1-2H3,(H,25,28). The maximum Gasteiger partial charge on any atom is 0.263 e. The van der Waals surface area contributed by atoms with Crippen LogP contribution in [0.3, 0.4) is 0 Å². The molecule has 29 heavy (non-hydrogen) atoms. The predicted octanol–water partition coefficient (Wildman–Crippen LogP) is 3.56. The Bertz CT molecular complexity index is 832. The quantitative estimate of drug-likeness (QED) is 0.783. The number of hydrogen-bond donors (Lipinski definition) is 1. The Morgan fingerprint density at radius 3 is 2.52 bits per heavy atom. The van der Waals surface area contributed by atoms with Crippen LogP contribution in [0.1, 0.15) is 37.0 Å². The number of amides is 2. The molecule has 0 atom stereocenters. The van der Waals surface area contributed by atoms with Crippen LogP contribution in [-0.4, -0.2) is 46.9 Å². The lowest BCUT2D eigenvalue weighted by molar-refractivity contribution is -0.134. The molecular formula is C22H26ClN3O3. The zero-order chi connectivity index (χ0) is 20.9. The van der Waals surface area contributed by atoms with Gasteiger partial charge in [-0.3, -0.25) is 14.6 Å². The molecule has 0 spiro atoms. The second-order valence-electron chi connectivity index (χ2n) is 7.75. The molecular weight excluding hydrogens is 390 g/mol. The number of likely N-dealkylation sites (tertiary alicyclic amines) is 1. The molecule has 1 aromatic heterocycles. The SMILES string of the molecule is CC(C)(Oc1ccc(Cl)cc1)C(=O)NCC1CCN(C(=O)c2cccnc2)CC1. The Balaban J connectivity index is 1.45. The summed E-state index contributed by atoms with van der Waals surface area (Å²) in [5.41, 5.74) is -0.384. The highest BCUT2D eigenvalue weighted by molar-refractivity contribution is 6.30. The zero-order valence-electron chi connectivity index (χ0n) is 16.7. The second-order valence-corrected chi connectivity index (χ2v) is 8.19. The molecule has 6 nitrogen and oxygen atoms in total. The van der Waals surface area contributed by atoms with Gasteiger partial charge in [-0.2, -0.15) is 0 Å². The van der Waals surface area contributed by atoms with E-state index in [0.717, 1.165) is 12.8 Å². The number of carbonyl (C=O) groups is 2. The minimum Gasteiger partial charge on any atom is -0.478 e. The first-order chi connectivity index (χ1) is 13.8. The van der Waals surface area contributed by atoms with Gasteiger partial charge in [-0.1, -0.05) is 11.6 Å². The number of aromatic nitrogens is 1. The minimum atomic E-state index is -0.995. The Kier molecular flexibility index (Phi) is 6.75. The van der Waals surface area contributed by atoms with Crippen molar-refractivity contribution in [2.75, 3.05) is 19.6 Å². The van der Waals surface area contributed by atoms with Crippen molar-refractivity contribution >= 4 is 23.4 Å². The smallest absolute Gasteiger partial charge is 0.263 e. The highest BCUT2D eigenvalue weighted by atomic mass is 35.5. The van der Waals surface area contributed by atoms with Crippen molar-refractivity contribution in [3.8, 4) is 5.75 Å². The third-order valence-electron chi connectivity index (χ3n) is 5.09. The van der Waals surface area contributed by atoms with Crippen molar-refractivity contribution in [1.29, 1.82) is 0 Å². The Labute approximate surface area is 176 Å². The normalized spacial score (nSPS) is 15.1. The molecule has 1 N–H and O–H groups in total. The van der Waals surface area contributed by atoms with E-state index in [-0.39, 0.29) is 11.8 Å². The van der Waals surface area contributed by atoms with Crippen molar-refractivity contribution in [3.05, 3.63) is 59.4 Å². The summed E-state index contributed by atoms with van der Waals surface area (Å²) in [5, 5.41) is 3.62. The van der Waals surface area contributed by atoms with E-state index < -0.39 is 5.60 Å². The zero-order valence-corrected chi connectivity index (χ0v) is 17.5. The molecule has 1 aliphatic rings. The number of halogens is 1. The van der Waals surface area contributed by atoms with Crippen LogP contribution < -0.4 is 10.1 Å². The molecule has 2 amide bonds. The van der Waals surface area contributed by atoms with E-state index in [0.29, 0.717) is 41.9 Å².